The Bertz CT molecular complexity index is 697. The molecule has 2 heterocycles. The summed E-state index contributed by atoms with van der Waals surface area (Å²) in [5.41, 5.74) is 1.49. The van der Waals surface area contributed by atoms with E-state index in [4.69, 9.17) is 4.74 Å². The lowest BCUT2D eigenvalue weighted by molar-refractivity contribution is -0.126. The number of ether oxygens (including phenoxy) is 1. The second kappa shape index (κ2) is 6.45. The van der Waals surface area contributed by atoms with E-state index in [9.17, 15) is 4.79 Å². The summed E-state index contributed by atoms with van der Waals surface area (Å²) < 4.78 is 7.27. The van der Waals surface area contributed by atoms with Gasteiger partial charge < -0.3 is 10.1 Å². The predicted molar refractivity (Wildman–Crippen MR) is 85.8 cm³/mol. The zero-order valence-corrected chi connectivity index (χ0v) is 13.6. The zero-order valence-electron chi connectivity index (χ0n) is 13.6. The van der Waals surface area contributed by atoms with E-state index in [-0.39, 0.29) is 17.9 Å². The van der Waals surface area contributed by atoms with Gasteiger partial charge in [-0.1, -0.05) is 19.1 Å². The fourth-order valence-electron chi connectivity index (χ4n) is 2.74. The fourth-order valence-corrected chi connectivity index (χ4v) is 2.74. The van der Waals surface area contributed by atoms with Crippen molar-refractivity contribution < 1.29 is 9.53 Å². The standard InChI is InChI=1S/C16H21N5O2/c1-10(2)21-15(18-19-20-21)12-6-4-5-7-13(12)17-16(22)14-11(3)8-9-23-14/h4-7,10-11,14H,8-9H2,1-3H3,(H,17,22). The minimum Gasteiger partial charge on any atom is -0.368 e. The Balaban J connectivity index is 1.89. The Morgan fingerprint density at radius 2 is 2.17 bits per heavy atom. The highest BCUT2D eigenvalue weighted by molar-refractivity contribution is 5.97. The van der Waals surface area contributed by atoms with E-state index in [1.807, 2.05) is 45.0 Å². The molecule has 1 aromatic heterocycles. The zero-order chi connectivity index (χ0) is 16.4. The number of benzene rings is 1. The summed E-state index contributed by atoms with van der Waals surface area (Å²) in [6, 6.07) is 7.66. The second-order valence-electron chi connectivity index (χ2n) is 6.13. The lowest BCUT2D eigenvalue weighted by Gasteiger charge is -2.17. The van der Waals surface area contributed by atoms with Crippen molar-refractivity contribution in [1.82, 2.24) is 20.2 Å². The number of rotatable bonds is 4. The number of hydrogen-bond acceptors (Lipinski definition) is 5. The molecule has 1 aliphatic rings. The molecule has 0 radical (unpaired) electrons. The van der Waals surface area contributed by atoms with E-state index in [1.54, 1.807) is 4.68 Å². The molecule has 2 unspecified atom stereocenters. The van der Waals surface area contributed by atoms with Crippen molar-refractivity contribution in [3.8, 4) is 11.4 Å². The van der Waals surface area contributed by atoms with Crippen LogP contribution in [0.4, 0.5) is 5.69 Å². The molecule has 1 N–H and O–H groups in total. The first-order chi connectivity index (χ1) is 11.1. The largest absolute Gasteiger partial charge is 0.368 e. The van der Waals surface area contributed by atoms with Gasteiger partial charge in [-0.25, -0.2) is 4.68 Å². The smallest absolute Gasteiger partial charge is 0.253 e. The molecule has 0 aliphatic carbocycles. The molecule has 122 valence electrons. The Morgan fingerprint density at radius 3 is 2.87 bits per heavy atom. The molecule has 3 rings (SSSR count). The fraction of sp³-hybridized carbons (Fsp3) is 0.500. The summed E-state index contributed by atoms with van der Waals surface area (Å²) in [6.07, 6.45) is 0.509. The van der Waals surface area contributed by atoms with Gasteiger partial charge in [0.15, 0.2) is 5.82 Å². The molecule has 2 aromatic rings. The minimum absolute atomic E-state index is 0.119. The van der Waals surface area contributed by atoms with Gasteiger partial charge in [0.05, 0.1) is 11.7 Å². The van der Waals surface area contributed by atoms with Gasteiger partial charge in [-0.2, -0.15) is 0 Å². The Hall–Kier alpha value is -2.28. The number of carbonyl (C=O) groups is 1. The molecule has 23 heavy (non-hydrogen) atoms. The van der Waals surface area contributed by atoms with Gasteiger partial charge in [0.1, 0.15) is 6.10 Å². The first kappa shape index (κ1) is 15.6. The average molecular weight is 315 g/mol. The van der Waals surface area contributed by atoms with E-state index >= 15 is 0 Å². The molecule has 1 fully saturated rings. The van der Waals surface area contributed by atoms with Crippen LogP contribution >= 0.6 is 0 Å². The van der Waals surface area contributed by atoms with Crippen molar-refractivity contribution in [2.24, 2.45) is 5.92 Å². The highest BCUT2D eigenvalue weighted by atomic mass is 16.5. The molecule has 1 amide bonds. The minimum atomic E-state index is -0.399. The van der Waals surface area contributed by atoms with Gasteiger partial charge in [-0.05, 0) is 48.7 Å². The predicted octanol–water partition coefficient (Wildman–Crippen LogP) is 2.28. The van der Waals surface area contributed by atoms with Gasteiger partial charge in [0.25, 0.3) is 5.91 Å². The number of nitrogens with one attached hydrogen (secondary N) is 1. The normalized spacial score (nSPS) is 20.9. The van der Waals surface area contributed by atoms with Crippen LogP contribution < -0.4 is 5.32 Å². The maximum Gasteiger partial charge on any atom is 0.253 e. The second-order valence-corrected chi connectivity index (χ2v) is 6.13. The number of aromatic nitrogens is 4. The number of para-hydroxylation sites is 1. The molecule has 7 heteroatoms. The van der Waals surface area contributed by atoms with Crippen molar-refractivity contribution in [3.05, 3.63) is 24.3 Å². The number of amides is 1. The molecular formula is C16H21N5O2. The quantitative estimate of drug-likeness (QED) is 0.936. The maximum atomic E-state index is 12.5. The third-order valence-electron chi connectivity index (χ3n) is 4.05. The first-order valence-electron chi connectivity index (χ1n) is 7.87. The van der Waals surface area contributed by atoms with Gasteiger partial charge >= 0.3 is 0 Å². The highest BCUT2D eigenvalue weighted by Crippen LogP contribution is 2.28. The Kier molecular flexibility index (Phi) is 4.38. The molecule has 2 atom stereocenters. The molecule has 0 saturated carbocycles. The lowest BCUT2D eigenvalue weighted by Crippen LogP contribution is -2.31. The molecule has 1 aromatic carbocycles. The third kappa shape index (κ3) is 3.10. The van der Waals surface area contributed by atoms with Gasteiger partial charge in [0.2, 0.25) is 0 Å². The number of nitrogens with zero attached hydrogens (tertiary/aromatic N) is 4. The molecule has 7 nitrogen and oxygen atoms in total. The van der Waals surface area contributed by atoms with Crippen LogP contribution in [0, 0.1) is 5.92 Å². The van der Waals surface area contributed by atoms with Gasteiger partial charge in [-0.3, -0.25) is 4.79 Å². The van der Waals surface area contributed by atoms with Crippen molar-refractivity contribution >= 4 is 11.6 Å². The van der Waals surface area contributed by atoms with Crippen LogP contribution in [0.3, 0.4) is 0 Å². The number of anilines is 1. The van der Waals surface area contributed by atoms with Crippen LogP contribution in [0.25, 0.3) is 11.4 Å². The molecular weight excluding hydrogens is 294 g/mol. The van der Waals surface area contributed by atoms with Crippen molar-refractivity contribution in [2.45, 2.75) is 39.3 Å². The average Bonchev–Trinajstić information content (AvgIpc) is 3.16. The Morgan fingerprint density at radius 1 is 1.39 bits per heavy atom. The number of carbonyl (C=O) groups excluding carboxylic acids is 1. The van der Waals surface area contributed by atoms with E-state index in [0.717, 1.165) is 12.0 Å². The molecule has 1 aliphatic heterocycles. The number of tetrazole rings is 1. The van der Waals surface area contributed by atoms with Crippen LogP contribution in [0.15, 0.2) is 24.3 Å². The lowest BCUT2D eigenvalue weighted by atomic mass is 10.0. The first-order valence-corrected chi connectivity index (χ1v) is 7.87. The topological polar surface area (TPSA) is 81.9 Å². The third-order valence-corrected chi connectivity index (χ3v) is 4.05. The Labute approximate surface area is 135 Å². The van der Waals surface area contributed by atoms with E-state index in [0.29, 0.717) is 18.1 Å². The number of hydrogen-bond donors (Lipinski definition) is 1. The van der Waals surface area contributed by atoms with Crippen molar-refractivity contribution in [1.29, 1.82) is 0 Å². The van der Waals surface area contributed by atoms with E-state index in [2.05, 4.69) is 20.8 Å². The molecule has 1 saturated heterocycles. The van der Waals surface area contributed by atoms with Crippen molar-refractivity contribution in [3.63, 3.8) is 0 Å². The summed E-state index contributed by atoms with van der Waals surface area (Å²) >= 11 is 0. The summed E-state index contributed by atoms with van der Waals surface area (Å²) in [6.45, 7) is 6.68. The summed E-state index contributed by atoms with van der Waals surface area (Å²) in [4.78, 5) is 12.5. The van der Waals surface area contributed by atoms with Crippen LogP contribution in [0.2, 0.25) is 0 Å². The summed E-state index contributed by atoms with van der Waals surface area (Å²) in [5.74, 6) is 0.741. The summed E-state index contributed by atoms with van der Waals surface area (Å²) in [7, 11) is 0. The van der Waals surface area contributed by atoms with Crippen molar-refractivity contribution in [2.75, 3.05) is 11.9 Å². The molecule has 0 spiro atoms. The molecule has 0 bridgehead atoms. The SMILES string of the molecule is CC1CCOC1C(=O)Nc1ccccc1-c1nnnn1C(C)C. The van der Waals surface area contributed by atoms with Crippen LogP contribution in [0.1, 0.15) is 33.2 Å². The monoisotopic (exact) mass is 315 g/mol. The van der Waals surface area contributed by atoms with Gasteiger partial charge in [-0.15, -0.1) is 5.10 Å². The van der Waals surface area contributed by atoms with E-state index in [1.165, 1.54) is 0 Å². The highest BCUT2D eigenvalue weighted by Gasteiger charge is 2.31. The van der Waals surface area contributed by atoms with Crippen LogP contribution in [-0.4, -0.2) is 38.8 Å². The summed E-state index contributed by atoms with van der Waals surface area (Å²) in [5, 5.41) is 14.8. The van der Waals surface area contributed by atoms with Crippen LogP contribution in [-0.2, 0) is 9.53 Å². The van der Waals surface area contributed by atoms with E-state index < -0.39 is 6.10 Å². The van der Waals surface area contributed by atoms with Crippen LogP contribution in [0.5, 0.6) is 0 Å². The van der Waals surface area contributed by atoms with Gasteiger partial charge in [0, 0.05) is 12.2 Å². The maximum absolute atomic E-state index is 12.5.